The number of anilines is 1. The number of nitrogen functional groups attached to an aromatic ring is 1. The zero-order chi connectivity index (χ0) is 11.8. The van der Waals surface area contributed by atoms with E-state index >= 15 is 0 Å². The summed E-state index contributed by atoms with van der Waals surface area (Å²) >= 11 is 0. The molecule has 0 spiro atoms. The van der Waals surface area contributed by atoms with Gasteiger partial charge in [-0.05, 0) is 44.2 Å². The number of hydrogen-bond acceptors (Lipinski definition) is 4. The molecule has 1 aromatic heterocycles. The van der Waals surface area contributed by atoms with Crippen molar-refractivity contribution in [3.05, 3.63) is 23.4 Å². The molecule has 1 heterocycles. The molecular weight excluding hydrogens is 202 g/mol. The average molecular weight is 221 g/mol. The van der Waals surface area contributed by atoms with Crippen LogP contribution >= 0.6 is 0 Å². The molecule has 4 nitrogen and oxygen atoms in total. The van der Waals surface area contributed by atoms with Gasteiger partial charge in [-0.3, -0.25) is 0 Å². The van der Waals surface area contributed by atoms with E-state index < -0.39 is 5.60 Å². The third-order valence-electron chi connectivity index (χ3n) is 3.42. The Labute approximate surface area is 95.7 Å². The van der Waals surface area contributed by atoms with Crippen LogP contribution < -0.4 is 11.5 Å². The molecule has 1 fully saturated rings. The standard InChI is InChI=1S/C12H19N3O/c1-8-4-6-15-11(14)10(8)12(16)5-2-3-9(13)7-12/h4,6,9,16H,2-3,5,7,13H2,1H3,(H2,14,15). The summed E-state index contributed by atoms with van der Waals surface area (Å²) in [5, 5.41) is 10.7. The summed E-state index contributed by atoms with van der Waals surface area (Å²) < 4.78 is 0. The number of aliphatic hydroxyl groups is 1. The molecule has 4 heteroatoms. The van der Waals surface area contributed by atoms with Gasteiger partial charge in [0.05, 0.1) is 5.60 Å². The first-order chi connectivity index (χ1) is 7.53. The molecule has 16 heavy (non-hydrogen) atoms. The molecule has 1 aromatic rings. The van der Waals surface area contributed by atoms with Gasteiger partial charge in [0.15, 0.2) is 0 Å². The fourth-order valence-electron chi connectivity index (χ4n) is 2.71. The first-order valence-electron chi connectivity index (χ1n) is 5.72. The first-order valence-corrected chi connectivity index (χ1v) is 5.72. The Morgan fingerprint density at radius 1 is 1.56 bits per heavy atom. The summed E-state index contributed by atoms with van der Waals surface area (Å²) in [5.74, 6) is 0.427. The lowest BCUT2D eigenvalue weighted by Crippen LogP contribution is -2.40. The van der Waals surface area contributed by atoms with E-state index in [-0.39, 0.29) is 6.04 Å². The van der Waals surface area contributed by atoms with E-state index in [1.807, 2.05) is 13.0 Å². The van der Waals surface area contributed by atoms with Gasteiger partial charge in [-0.25, -0.2) is 4.98 Å². The van der Waals surface area contributed by atoms with Crippen LogP contribution in [0.5, 0.6) is 0 Å². The normalized spacial score (nSPS) is 30.3. The van der Waals surface area contributed by atoms with Gasteiger partial charge in [0.1, 0.15) is 5.82 Å². The monoisotopic (exact) mass is 221 g/mol. The minimum absolute atomic E-state index is 0.0535. The second-order valence-corrected chi connectivity index (χ2v) is 4.78. The Morgan fingerprint density at radius 3 is 2.94 bits per heavy atom. The molecule has 0 amide bonds. The predicted molar refractivity (Wildman–Crippen MR) is 63.7 cm³/mol. The van der Waals surface area contributed by atoms with Crippen molar-refractivity contribution < 1.29 is 5.11 Å². The van der Waals surface area contributed by atoms with E-state index in [9.17, 15) is 5.11 Å². The third-order valence-corrected chi connectivity index (χ3v) is 3.42. The molecule has 0 saturated heterocycles. The number of pyridine rings is 1. The quantitative estimate of drug-likeness (QED) is 0.662. The molecular formula is C12H19N3O. The van der Waals surface area contributed by atoms with Gasteiger partial charge in [0.25, 0.3) is 0 Å². The predicted octanol–water partition coefficient (Wildman–Crippen LogP) is 1.06. The zero-order valence-corrected chi connectivity index (χ0v) is 9.61. The Hall–Kier alpha value is -1.13. The van der Waals surface area contributed by atoms with Gasteiger partial charge >= 0.3 is 0 Å². The zero-order valence-electron chi connectivity index (χ0n) is 9.61. The summed E-state index contributed by atoms with van der Waals surface area (Å²) in [6, 6.07) is 1.93. The van der Waals surface area contributed by atoms with Crippen LogP contribution in [0.1, 0.15) is 36.8 Å². The molecule has 2 rings (SSSR count). The smallest absolute Gasteiger partial charge is 0.129 e. The number of aromatic nitrogens is 1. The highest BCUT2D eigenvalue weighted by Crippen LogP contribution is 2.39. The summed E-state index contributed by atoms with van der Waals surface area (Å²) in [6.07, 6.45) is 4.87. The summed E-state index contributed by atoms with van der Waals surface area (Å²) in [4.78, 5) is 4.06. The highest BCUT2D eigenvalue weighted by atomic mass is 16.3. The SMILES string of the molecule is Cc1ccnc(N)c1C1(O)CCCC(N)C1. The lowest BCUT2D eigenvalue weighted by molar-refractivity contribution is -0.00722. The number of aryl methyl sites for hydroxylation is 1. The maximum Gasteiger partial charge on any atom is 0.129 e. The fourth-order valence-corrected chi connectivity index (χ4v) is 2.71. The van der Waals surface area contributed by atoms with E-state index in [2.05, 4.69) is 4.98 Å². The van der Waals surface area contributed by atoms with E-state index in [0.717, 1.165) is 30.4 Å². The van der Waals surface area contributed by atoms with Gasteiger partial charge in [-0.2, -0.15) is 0 Å². The Morgan fingerprint density at radius 2 is 2.31 bits per heavy atom. The Balaban J connectivity index is 2.42. The molecule has 0 radical (unpaired) electrons. The summed E-state index contributed by atoms with van der Waals surface area (Å²) in [6.45, 7) is 1.95. The van der Waals surface area contributed by atoms with Crippen molar-refractivity contribution in [2.45, 2.75) is 44.2 Å². The van der Waals surface area contributed by atoms with E-state index in [1.165, 1.54) is 0 Å². The van der Waals surface area contributed by atoms with Crippen LogP contribution in [0.25, 0.3) is 0 Å². The van der Waals surface area contributed by atoms with Gasteiger partial charge in [-0.1, -0.05) is 0 Å². The van der Waals surface area contributed by atoms with Gasteiger partial charge in [0.2, 0.25) is 0 Å². The fraction of sp³-hybridized carbons (Fsp3) is 0.583. The van der Waals surface area contributed by atoms with Crippen molar-refractivity contribution in [2.75, 3.05) is 5.73 Å². The highest BCUT2D eigenvalue weighted by molar-refractivity contribution is 5.48. The van der Waals surface area contributed by atoms with Crippen molar-refractivity contribution in [1.29, 1.82) is 0 Å². The molecule has 88 valence electrons. The van der Waals surface area contributed by atoms with Crippen LogP contribution in [0.3, 0.4) is 0 Å². The number of nitrogens with zero attached hydrogens (tertiary/aromatic N) is 1. The summed E-state index contributed by atoms with van der Waals surface area (Å²) in [5.41, 5.74) is 12.7. The summed E-state index contributed by atoms with van der Waals surface area (Å²) in [7, 11) is 0. The largest absolute Gasteiger partial charge is 0.385 e. The molecule has 0 bridgehead atoms. The number of rotatable bonds is 1. The van der Waals surface area contributed by atoms with Crippen molar-refractivity contribution in [1.82, 2.24) is 4.98 Å². The van der Waals surface area contributed by atoms with Crippen molar-refractivity contribution in [3.8, 4) is 0 Å². The van der Waals surface area contributed by atoms with Crippen LogP contribution in [0, 0.1) is 6.92 Å². The van der Waals surface area contributed by atoms with Crippen LogP contribution in [0.2, 0.25) is 0 Å². The van der Waals surface area contributed by atoms with Gasteiger partial charge in [0, 0.05) is 17.8 Å². The molecule has 1 saturated carbocycles. The van der Waals surface area contributed by atoms with Crippen LogP contribution in [-0.4, -0.2) is 16.1 Å². The van der Waals surface area contributed by atoms with Crippen LogP contribution in [0.4, 0.5) is 5.82 Å². The second kappa shape index (κ2) is 4.03. The lowest BCUT2D eigenvalue weighted by atomic mass is 9.76. The molecule has 1 aliphatic carbocycles. The molecule has 5 N–H and O–H groups in total. The van der Waals surface area contributed by atoms with Crippen LogP contribution in [0.15, 0.2) is 12.3 Å². The van der Waals surface area contributed by atoms with Crippen molar-refractivity contribution in [2.24, 2.45) is 5.73 Å². The van der Waals surface area contributed by atoms with Crippen molar-refractivity contribution in [3.63, 3.8) is 0 Å². The van der Waals surface area contributed by atoms with E-state index in [1.54, 1.807) is 6.20 Å². The van der Waals surface area contributed by atoms with E-state index in [4.69, 9.17) is 11.5 Å². The average Bonchev–Trinajstić information content (AvgIpc) is 2.16. The first kappa shape index (κ1) is 11.4. The minimum atomic E-state index is -0.889. The van der Waals surface area contributed by atoms with Gasteiger partial charge < -0.3 is 16.6 Å². The Kier molecular flexibility index (Phi) is 2.86. The minimum Gasteiger partial charge on any atom is -0.385 e. The van der Waals surface area contributed by atoms with Crippen LogP contribution in [-0.2, 0) is 5.60 Å². The molecule has 0 aliphatic heterocycles. The molecule has 1 aliphatic rings. The lowest BCUT2D eigenvalue weighted by Gasteiger charge is -2.37. The molecule has 2 unspecified atom stereocenters. The number of hydrogen-bond donors (Lipinski definition) is 3. The topological polar surface area (TPSA) is 85.2 Å². The molecule has 0 aromatic carbocycles. The highest BCUT2D eigenvalue weighted by Gasteiger charge is 2.37. The van der Waals surface area contributed by atoms with Gasteiger partial charge in [-0.15, -0.1) is 0 Å². The second-order valence-electron chi connectivity index (χ2n) is 4.78. The van der Waals surface area contributed by atoms with Crippen molar-refractivity contribution >= 4 is 5.82 Å². The third kappa shape index (κ3) is 1.90. The molecule has 2 atom stereocenters. The Bertz CT molecular complexity index is 374. The van der Waals surface area contributed by atoms with E-state index in [0.29, 0.717) is 12.2 Å². The number of nitrogens with two attached hydrogens (primary N) is 2. The maximum atomic E-state index is 10.7. The maximum absolute atomic E-state index is 10.7.